The maximum absolute atomic E-state index is 13.8. The highest BCUT2D eigenvalue weighted by molar-refractivity contribution is 7.98. The first-order chi connectivity index (χ1) is 19.7. The summed E-state index contributed by atoms with van der Waals surface area (Å²) in [6, 6.07) is 17.4. The third-order valence-corrected chi connectivity index (χ3v) is 7.36. The highest BCUT2D eigenvalue weighted by Gasteiger charge is 2.36. The quantitative estimate of drug-likeness (QED) is 0.164. The van der Waals surface area contributed by atoms with E-state index in [9.17, 15) is 18.4 Å². The lowest BCUT2D eigenvalue weighted by molar-refractivity contribution is -0.147. The molecule has 1 unspecified atom stereocenters. The Hall–Kier alpha value is -4.24. The second kappa shape index (κ2) is 13.4. The molecule has 4 aromatic rings. The predicted octanol–water partition coefficient (Wildman–Crippen LogP) is 6.48. The minimum absolute atomic E-state index is 0.325. The van der Waals surface area contributed by atoms with Crippen molar-refractivity contribution in [1.29, 1.82) is 0 Å². The van der Waals surface area contributed by atoms with Crippen LogP contribution < -0.4 is 5.32 Å². The SMILES string of the molecule is COC(=O)C(C)(CCSC)NC(=O)c1ccc(C=C(Cn2ccnc2)c2ccc(F)cc2)cc1-c1ccc(F)cc1. The molecule has 0 fully saturated rings. The summed E-state index contributed by atoms with van der Waals surface area (Å²) in [5, 5.41) is 2.88. The summed E-state index contributed by atoms with van der Waals surface area (Å²) in [6.45, 7) is 2.12. The number of aromatic nitrogens is 2. The van der Waals surface area contributed by atoms with Gasteiger partial charge in [-0.15, -0.1) is 0 Å². The summed E-state index contributed by atoms with van der Waals surface area (Å²) >= 11 is 1.56. The number of hydrogen-bond donors (Lipinski definition) is 1. The van der Waals surface area contributed by atoms with Crippen molar-refractivity contribution in [3.8, 4) is 11.1 Å². The highest BCUT2D eigenvalue weighted by Crippen LogP contribution is 2.29. The van der Waals surface area contributed by atoms with Gasteiger partial charge >= 0.3 is 5.97 Å². The second-order valence-electron chi connectivity index (χ2n) is 9.74. The fourth-order valence-electron chi connectivity index (χ4n) is 4.45. The molecule has 3 aromatic carbocycles. The van der Waals surface area contributed by atoms with Crippen LogP contribution in [0.4, 0.5) is 8.78 Å². The summed E-state index contributed by atoms with van der Waals surface area (Å²) in [6.07, 6.45) is 9.48. The molecule has 4 rings (SSSR count). The van der Waals surface area contributed by atoms with E-state index in [0.717, 1.165) is 16.7 Å². The van der Waals surface area contributed by atoms with Crippen molar-refractivity contribution in [1.82, 2.24) is 14.9 Å². The maximum Gasteiger partial charge on any atom is 0.331 e. The molecule has 0 aliphatic carbocycles. The van der Waals surface area contributed by atoms with Gasteiger partial charge in [-0.2, -0.15) is 11.8 Å². The first kappa shape index (κ1) is 29.7. The molecule has 0 radical (unpaired) electrons. The number of nitrogens with zero attached hydrogens (tertiary/aromatic N) is 2. The summed E-state index contributed by atoms with van der Waals surface area (Å²) in [5.74, 6) is -1.08. The Kier molecular flexibility index (Phi) is 9.73. The van der Waals surface area contributed by atoms with E-state index in [0.29, 0.717) is 35.4 Å². The van der Waals surface area contributed by atoms with Gasteiger partial charge in [0.2, 0.25) is 0 Å². The minimum Gasteiger partial charge on any atom is -0.467 e. The molecule has 1 atom stereocenters. The molecule has 0 saturated heterocycles. The van der Waals surface area contributed by atoms with Crippen LogP contribution in [0.1, 0.15) is 34.8 Å². The number of rotatable bonds is 11. The van der Waals surface area contributed by atoms with Gasteiger partial charge in [-0.1, -0.05) is 30.3 Å². The molecule has 1 aromatic heterocycles. The van der Waals surface area contributed by atoms with Crippen molar-refractivity contribution < 1.29 is 23.1 Å². The molecular weight excluding hydrogens is 544 g/mol. The molecule has 41 heavy (non-hydrogen) atoms. The first-order valence-electron chi connectivity index (χ1n) is 12.9. The van der Waals surface area contributed by atoms with Crippen molar-refractivity contribution in [3.63, 3.8) is 0 Å². The lowest BCUT2D eigenvalue weighted by Crippen LogP contribution is -2.53. The summed E-state index contributed by atoms with van der Waals surface area (Å²) in [4.78, 5) is 30.4. The molecule has 0 saturated carbocycles. The number of carbonyl (C=O) groups excluding carboxylic acids is 2. The van der Waals surface area contributed by atoms with Crippen LogP contribution in [0, 0.1) is 11.6 Å². The number of thioether (sulfide) groups is 1. The zero-order chi connectivity index (χ0) is 29.4. The lowest BCUT2D eigenvalue weighted by Gasteiger charge is -2.28. The Morgan fingerprint density at radius 2 is 1.73 bits per heavy atom. The molecule has 212 valence electrons. The molecule has 9 heteroatoms. The topological polar surface area (TPSA) is 73.2 Å². The standard InChI is InChI=1S/C32H31F2N3O3S/c1-32(14-17-41-3,31(39)40-2)36-30(38)28-13-4-22(19-29(28)24-7-11-27(34)12-8-24)18-25(20-37-16-15-35-21-37)23-5-9-26(33)10-6-23/h4-13,15-16,18-19,21H,14,17,20H2,1-3H3,(H,36,38). The molecular formula is C32H31F2N3O3S. The smallest absolute Gasteiger partial charge is 0.331 e. The van der Waals surface area contributed by atoms with Gasteiger partial charge in [0.05, 0.1) is 13.4 Å². The Morgan fingerprint density at radius 3 is 2.34 bits per heavy atom. The largest absolute Gasteiger partial charge is 0.467 e. The van der Waals surface area contributed by atoms with Crippen molar-refractivity contribution >= 4 is 35.3 Å². The van der Waals surface area contributed by atoms with E-state index in [4.69, 9.17) is 4.74 Å². The third-order valence-electron chi connectivity index (χ3n) is 6.74. The van der Waals surface area contributed by atoms with E-state index in [1.54, 1.807) is 67.6 Å². The van der Waals surface area contributed by atoms with Gasteiger partial charge in [0.15, 0.2) is 0 Å². The zero-order valence-corrected chi connectivity index (χ0v) is 23.9. The van der Waals surface area contributed by atoms with E-state index >= 15 is 0 Å². The van der Waals surface area contributed by atoms with Crippen molar-refractivity contribution in [2.45, 2.75) is 25.4 Å². The van der Waals surface area contributed by atoms with Gasteiger partial charge in [-0.3, -0.25) is 4.79 Å². The highest BCUT2D eigenvalue weighted by atomic mass is 32.2. The van der Waals surface area contributed by atoms with Crippen LogP contribution in [0.15, 0.2) is 85.5 Å². The Morgan fingerprint density at radius 1 is 1.05 bits per heavy atom. The van der Waals surface area contributed by atoms with E-state index in [-0.39, 0.29) is 5.82 Å². The summed E-state index contributed by atoms with van der Waals surface area (Å²) in [7, 11) is 1.29. The lowest BCUT2D eigenvalue weighted by atomic mass is 9.93. The van der Waals surface area contributed by atoms with Crippen molar-refractivity contribution in [3.05, 3.63) is 114 Å². The number of nitrogens with one attached hydrogen (secondary N) is 1. The van der Waals surface area contributed by atoms with E-state index in [2.05, 4.69) is 10.3 Å². The second-order valence-corrected chi connectivity index (χ2v) is 10.7. The first-order valence-corrected chi connectivity index (χ1v) is 14.3. The number of esters is 1. The monoisotopic (exact) mass is 575 g/mol. The van der Waals surface area contributed by atoms with Crippen LogP contribution in [0.3, 0.4) is 0 Å². The Bertz CT molecular complexity index is 1520. The number of methoxy groups -OCH3 is 1. The molecule has 0 bridgehead atoms. The van der Waals surface area contributed by atoms with E-state index in [1.807, 2.05) is 29.2 Å². The predicted molar refractivity (Wildman–Crippen MR) is 159 cm³/mol. The van der Waals surface area contributed by atoms with Gasteiger partial charge in [-0.25, -0.2) is 18.6 Å². The van der Waals surface area contributed by atoms with Gasteiger partial charge in [-0.05, 0) is 95.7 Å². The van der Waals surface area contributed by atoms with Gasteiger partial charge in [0, 0.05) is 24.5 Å². The van der Waals surface area contributed by atoms with Gasteiger partial charge < -0.3 is 14.6 Å². The van der Waals surface area contributed by atoms with Gasteiger partial charge in [0.25, 0.3) is 5.91 Å². The molecule has 0 aliphatic rings. The number of imidazole rings is 1. The molecule has 6 nitrogen and oxygen atoms in total. The molecule has 1 amide bonds. The normalized spacial score (nSPS) is 13.0. The Balaban J connectivity index is 1.78. The number of benzene rings is 3. The fourth-order valence-corrected chi connectivity index (χ4v) is 5.06. The Labute approximate surface area is 242 Å². The number of allylic oxidation sites excluding steroid dienone is 1. The van der Waals surface area contributed by atoms with Crippen LogP contribution >= 0.6 is 11.8 Å². The summed E-state index contributed by atoms with van der Waals surface area (Å²) < 4.78 is 34.4. The number of amides is 1. The number of ether oxygens (including phenoxy) is 1. The van der Waals surface area contributed by atoms with Crippen LogP contribution in [-0.4, -0.2) is 46.1 Å². The average molecular weight is 576 g/mol. The molecule has 1 heterocycles. The number of hydrogen-bond acceptors (Lipinski definition) is 5. The summed E-state index contributed by atoms with van der Waals surface area (Å²) in [5.41, 5.74) is 2.79. The van der Waals surface area contributed by atoms with Crippen LogP contribution in [0.5, 0.6) is 0 Å². The van der Waals surface area contributed by atoms with Crippen LogP contribution in [-0.2, 0) is 16.1 Å². The van der Waals surface area contributed by atoms with Crippen molar-refractivity contribution in [2.24, 2.45) is 0 Å². The van der Waals surface area contributed by atoms with Gasteiger partial charge in [0.1, 0.15) is 17.2 Å². The maximum atomic E-state index is 13.8. The minimum atomic E-state index is -1.23. The van der Waals surface area contributed by atoms with Crippen LogP contribution in [0.25, 0.3) is 22.8 Å². The zero-order valence-electron chi connectivity index (χ0n) is 23.1. The van der Waals surface area contributed by atoms with E-state index < -0.39 is 23.2 Å². The average Bonchev–Trinajstić information content (AvgIpc) is 3.49. The molecule has 1 N–H and O–H groups in total. The number of carbonyl (C=O) groups is 2. The fraction of sp³-hybridized carbons (Fsp3) is 0.219. The van der Waals surface area contributed by atoms with E-state index in [1.165, 1.54) is 31.4 Å². The van der Waals surface area contributed by atoms with Crippen molar-refractivity contribution in [2.75, 3.05) is 19.1 Å². The number of halogens is 2. The molecule has 0 spiro atoms. The molecule has 0 aliphatic heterocycles. The third kappa shape index (κ3) is 7.49. The van der Waals surface area contributed by atoms with Crippen LogP contribution in [0.2, 0.25) is 0 Å².